The zero-order valence-corrected chi connectivity index (χ0v) is 35.6. The van der Waals surface area contributed by atoms with Gasteiger partial charge in [-0.25, -0.2) is 14.8 Å². The number of unbranched alkanes of at least 4 members (excludes halogenated alkanes) is 1. The lowest BCUT2D eigenvalue weighted by Crippen LogP contribution is -2.75. The van der Waals surface area contributed by atoms with Gasteiger partial charge < -0.3 is 35.4 Å². The van der Waals surface area contributed by atoms with E-state index in [1.54, 1.807) is 30.6 Å². The Bertz CT molecular complexity index is 2250. The smallest absolute Gasteiger partial charge is 0.335 e. The van der Waals surface area contributed by atoms with E-state index < -0.39 is 23.7 Å². The number of aliphatic hydroxyl groups excluding tert-OH is 1. The van der Waals surface area contributed by atoms with Crippen molar-refractivity contribution in [3.05, 3.63) is 101 Å². The fraction of sp³-hybridized carbons (Fsp3) is 0.458. The molecule has 326 valence electrons. The molecule has 2 aromatic heterocycles. The highest BCUT2D eigenvalue weighted by molar-refractivity contribution is 6.12. The number of ether oxygens (including phenoxy) is 1. The van der Waals surface area contributed by atoms with Gasteiger partial charge in [0.15, 0.2) is 5.82 Å². The fourth-order valence-corrected chi connectivity index (χ4v) is 9.37. The molecule has 62 heavy (non-hydrogen) atoms. The molecule has 14 heteroatoms. The lowest BCUT2D eigenvalue weighted by atomic mass is 9.78. The van der Waals surface area contributed by atoms with Gasteiger partial charge in [0, 0.05) is 44.6 Å². The summed E-state index contributed by atoms with van der Waals surface area (Å²) in [5.41, 5.74) is 2.88. The molecule has 2 aliphatic carbocycles. The van der Waals surface area contributed by atoms with Gasteiger partial charge in [0.25, 0.3) is 5.91 Å². The van der Waals surface area contributed by atoms with Crippen LogP contribution in [0.3, 0.4) is 0 Å². The molecular formula is C48H57N7O7. The van der Waals surface area contributed by atoms with E-state index in [2.05, 4.69) is 37.3 Å². The van der Waals surface area contributed by atoms with Gasteiger partial charge in [-0.2, -0.15) is 0 Å². The van der Waals surface area contributed by atoms with E-state index in [-0.39, 0.29) is 29.2 Å². The van der Waals surface area contributed by atoms with Gasteiger partial charge in [-0.05, 0) is 124 Å². The largest absolute Gasteiger partial charge is 0.478 e. The van der Waals surface area contributed by atoms with Crippen molar-refractivity contribution in [2.45, 2.75) is 115 Å². The topological polar surface area (TPSA) is 178 Å². The number of rotatable bonds is 11. The van der Waals surface area contributed by atoms with Crippen LogP contribution in [0, 0.1) is 12.8 Å². The first-order valence-corrected chi connectivity index (χ1v) is 22.2. The number of aryl methyl sites for hydroxylation is 1. The molecular weight excluding hydrogens is 787 g/mol. The first-order valence-electron chi connectivity index (χ1n) is 22.2. The molecule has 2 aromatic carbocycles. The van der Waals surface area contributed by atoms with Gasteiger partial charge in [0.05, 0.1) is 22.9 Å². The molecule has 14 nitrogen and oxygen atoms in total. The average molecular weight is 844 g/mol. The van der Waals surface area contributed by atoms with Gasteiger partial charge >= 0.3 is 5.97 Å². The van der Waals surface area contributed by atoms with Crippen LogP contribution in [0.2, 0.25) is 0 Å². The maximum Gasteiger partial charge on any atom is 0.335 e. The van der Waals surface area contributed by atoms with Crippen LogP contribution >= 0.6 is 0 Å². The number of carboxylic acids is 1. The first-order chi connectivity index (χ1) is 30.1. The van der Waals surface area contributed by atoms with E-state index in [4.69, 9.17) is 9.84 Å². The third-order valence-corrected chi connectivity index (χ3v) is 13.1. The van der Waals surface area contributed by atoms with Crippen molar-refractivity contribution in [3.63, 3.8) is 0 Å². The quantitative estimate of drug-likeness (QED) is 0.120. The number of aromatic carboxylic acids is 1. The van der Waals surface area contributed by atoms with Gasteiger partial charge in [-0.15, -0.1) is 0 Å². The number of carbonyl (C=O) groups excluding carboxylic acids is 3. The number of hydrogen-bond acceptors (Lipinski definition) is 10. The van der Waals surface area contributed by atoms with Gasteiger partial charge in [-0.1, -0.05) is 44.7 Å². The molecule has 4 N–H and O–H groups in total. The molecule has 2 saturated carbocycles. The molecule has 2 saturated heterocycles. The van der Waals surface area contributed by atoms with Crippen LogP contribution in [0.4, 0.5) is 17.3 Å². The normalized spacial score (nSPS) is 20.5. The summed E-state index contributed by atoms with van der Waals surface area (Å²) in [4.78, 5) is 66.1. The third-order valence-electron chi connectivity index (χ3n) is 13.1. The molecule has 4 aromatic rings. The second-order valence-electron chi connectivity index (χ2n) is 17.3. The molecule has 5 heterocycles. The number of amides is 3. The molecule has 9 rings (SSSR count). The van der Waals surface area contributed by atoms with Crippen molar-refractivity contribution in [2.75, 3.05) is 29.9 Å². The maximum absolute atomic E-state index is 13.8. The van der Waals surface area contributed by atoms with Crippen LogP contribution in [0.5, 0.6) is 11.5 Å². The number of fused-ring (bicyclic) bond motifs is 2. The monoisotopic (exact) mass is 843 g/mol. The van der Waals surface area contributed by atoms with E-state index in [0.717, 1.165) is 80.5 Å². The number of aromatic nitrogens is 2. The Balaban J connectivity index is 0.000000218. The summed E-state index contributed by atoms with van der Waals surface area (Å²) in [7, 11) is 0. The highest BCUT2D eigenvalue weighted by Crippen LogP contribution is 2.44. The summed E-state index contributed by atoms with van der Waals surface area (Å²) in [6.45, 7) is 6.70. The van der Waals surface area contributed by atoms with E-state index in [9.17, 15) is 24.3 Å². The minimum Gasteiger partial charge on any atom is -0.478 e. The second-order valence-corrected chi connectivity index (χ2v) is 17.3. The number of hydrogen-bond donors (Lipinski definition) is 4. The van der Waals surface area contributed by atoms with Crippen molar-refractivity contribution < 1.29 is 34.1 Å². The van der Waals surface area contributed by atoms with Crippen molar-refractivity contribution in [3.8, 4) is 11.5 Å². The van der Waals surface area contributed by atoms with Crippen molar-refractivity contribution in [1.29, 1.82) is 0 Å². The number of pyridine rings is 2. The van der Waals surface area contributed by atoms with Gasteiger partial charge in [0.2, 0.25) is 11.8 Å². The van der Waals surface area contributed by atoms with Gasteiger partial charge in [-0.3, -0.25) is 19.3 Å². The fourth-order valence-electron chi connectivity index (χ4n) is 9.37. The number of anilines is 3. The highest BCUT2D eigenvalue weighted by atomic mass is 16.5. The molecule has 4 fully saturated rings. The second kappa shape index (κ2) is 18.6. The van der Waals surface area contributed by atoms with Crippen LogP contribution in [-0.4, -0.2) is 97.0 Å². The predicted octanol–water partition coefficient (Wildman–Crippen LogP) is 7.23. The molecule has 3 amide bonds. The number of piperidine rings is 1. The highest BCUT2D eigenvalue weighted by Gasteiger charge is 2.55. The minimum absolute atomic E-state index is 0.0613. The van der Waals surface area contributed by atoms with E-state index in [0.29, 0.717) is 61.4 Å². The number of nitrogens with one attached hydrogen (secondary N) is 2. The Hall–Kier alpha value is -5.86. The predicted molar refractivity (Wildman–Crippen MR) is 235 cm³/mol. The SMILES string of the molecule is CCCCN1C(=O)[C@@H]([C@H](O)C2CCCCC2)NC(=O)C12CCN(Cc1ccc(Oc3ccc(C(=O)O)cc3)cc1)CC2.Cc1ccnc2c1NC(=O)c1cccnc1N2C1CC1. The molecule has 5 aliphatic rings. The Labute approximate surface area is 362 Å². The van der Waals surface area contributed by atoms with Crippen LogP contribution in [-0.2, 0) is 16.1 Å². The van der Waals surface area contributed by atoms with Crippen LogP contribution in [0.15, 0.2) is 79.1 Å². The minimum atomic E-state index is -0.975. The van der Waals surface area contributed by atoms with Crippen molar-refractivity contribution in [1.82, 2.24) is 25.1 Å². The standard InChI is InChI=1S/C33H43N3O6.C15H14N4O/c1-2-3-19-36-30(38)28(29(37)24-7-5-4-6-8-24)34-32(41)33(36)17-20-35(21-18-33)22-23-9-13-26(14-10-23)42-27-15-11-25(12-16-27)31(39)40;1-9-6-8-17-14-12(9)18-15(20)11-3-2-7-16-13(11)19(14)10-4-5-10/h9-16,24,28-29,37H,2-8,17-22H2,1H3,(H,34,41)(H,39,40);2-3,6-8,10H,4-5H2,1H3,(H,18,20)/t28-,29-;/m1./s1. The Kier molecular flexibility index (Phi) is 12.9. The van der Waals surface area contributed by atoms with E-state index in [1.165, 1.54) is 18.6 Å². The summed E-state index contributed by atoms with van der Waals surface area (Å²) in [5, 5.41) is 26.2. The number of benzene rings is 2. The first kappa shape index (κ1) is 42.8. The summed E-state index contributed by atoms with van der Waals surface area (Å²) in [6.07, 6.45) is 12.9. The maximum atomic E-state index is 13.8. The number of carboxylic acid groups (broad SMARTS) is 1. The molecule has 2 atom stereocenters. The lowest BCUT2D eigenvalue weighted by Gasteiger charge is -2.52. The molecule has 0 unspecified atom stereocenters. The van der Waals surface area contributed by atoms with Gasteiger partial charge in [0.1, 0.15) is 28.9 Å². The van der Waals surface area contributed by atoms with Crippen molar-refractivity contribution in [2.24, 2.45) is 5.92 Å². The number of piperazine rings is 1. The number of aliphatic hydroxyl groups is 1. The molecule has 3 aliphatic heterocycles. The molecule has 0 bridgehead atoms. The number of nitrogens with zero attached hydrogens (tertiary/aromatic N) is 5. The summed E-state index contributed by atoms with van der Waals surface area (Å²) < 4.78 is 5.86. The van der Waals surface area contributed by atoms with Crippen LogP contribution in [0.25, 0.3) is 0 Å². The van der Waals surface area contributed by atoms with Crippen LogP contribution in [0.1, 0.15) is 109 Å². The lowest BCUT2D eigenvalue weighted by molar-refractivity contribution is -0.166. The molecule has 0 radical (unpaired) electrons. The number of carbonyl (C=O) groups is 4. The summed E-state index contributed by atoms with van der Waals surface area (Å²) >= 11 is 0. The summed E-state index contributed by atoms with van der Waals surface area (Å²) in [6, 6.07) is 19.1. The third kappa shape index (κ3) is 9.03. The van der Waals surface area contributed by atoms with E-state index in [1.807, 2.05) is 48.2 Å². The van der Waals surface area contributed by atoms with E-state index >= 15 is 0 Å². The Morgan fingerprint density at radius 2 is 1.56 bits per heavy atom. The summed E-state index contributed by atoms with van der Waals surface area (Å²) in [5.74, 6) is 1.47. The molecule has 1 spiro atoms. The zero-order valence-electron chi connectivity index (χ0n) is 35.6. The van der Waals surface area contributed by atoms with Crippen molar-refractivity contribution >= 4 is 41.0 Å². The van der Waals surface area contributed by atoms with Crippen LogP contribution < -0.4 is 20.3 Å². The Morgan fingerprint density at radius 1 is 0.887 bits per heavy atom. The zero-order chi connectivity index (χ0) is 43.4. The average Bonchev–Trinajstić information content (AvgIpc) is 4.14. The Morgan fingerprint density at radius 3 is 2.23 bits per heavy atom. The number of likely N-dealkylation sites (tertiary alicyclic amines) is 1.